The number of carbonyl (C=O) groups excluding carboxylic acids is 1. The van der Waals surface area contributed by atoms with Crippen LogP contribution in [-0.4, -0.2) is 39.6 Å². The van der Waals surface area contributed by atoms with Crippen molar-refractivity contribution in [2.45, 2.75) is 38.7 Å². The number of anilines is 1. The van der Waals surface area contributed by atoms with E-state index in [2.05, 4.69) is 4.98 Å². The van der Waals surface area contributed by atoms with Crippen LogP contribution in [0.2, 0.25) is 0 Å². The number of hydrogen-bond donors (Lipinski definition) is 2. The number of aromatic nitrogens is 1. The van der Waals surface area contributed by atoms with Gasteiger partial charge in [-0.25, -0.2) is 4.98 Å². The SMILES string of the molecule is Cc1cc(C(=O)N2CCCC(C)(O)CC2)cc(N)n1. The van der Waals surface area contributed by atoms with E-state index in [-0.39, 0.29) is 5.91 Å². The van der Waals surface area contributed by atoms with Gasteiger partial charge < -0.3 is 15.7 Å². The molecular weight excluding hydrogens is 242 g/mol. The molecule has 2 heterocycles. The van der Waals surface area contributed by atoms with Crippen LogP contribution < -0.4 is 5.73 Å². The Bertz CT molecular complexity index is 465. The van der Waals surface area contributed by atoms with Gasteiger partial charge in [-0.1, -0.05) is 0 Å². The molecule has 0 aliphatic carbocycles. The first kappa shape index (κ1) is 13.8. The third-order valence-electron chi connectivity index (χ3n) is 3.57. The van der Waals surface area contributed by atoms with Crippen LogP contribution in [0.5, 0.6) is 0 Å². The lowest BCUT2D eigenvalue weighted by Crippen LogP contribution is -2.33. The van der Waals surface area contributed by atoms with Gasteiger partial charge in [0.25, 0.3) is 5.91 Å². The van der Waals surface area contributed by atoms with E-state index in [0.29, 0.717) is 30.9 Å². The number of hydrogen-bond acceptors (Lipinski definition) is 4. The van der Waals surface area contributed by atoms with Crippen molar-refractivity contribution in [2.75, 3.05) is 18.8 Å². The van der Waals surface area contributed by atoms with Crippen molar-refractivity contribution in [1.29, 1.82) is 0 Å². The molecule has 2 rings (SSSR count). The molecule has 0 saturated carbocycles. The Morgan fingerprint density at radius 3 is 2.84 bits per heavy atom. The molecule has 0 bridgehead atoms. The summed E-state index contributed by atoms with van der Waals surface area (Å²) < 4.78 is 0. The molecule has 1 aromatic rings. The van der Waals surface area contributed by atoms with E-state index >= 15 is 0 Å². The normalized spacial score (nSPS) is 24.1. The van der Waals surface area contributed by atoms with Crippen molar-refractivity contribution in [3.63, 3.8) is 0 Å². The van der Waals surface area contributed by atoms with E-state index in [1.165, 1.54) is 0 Å². The Labute approximate surface area is 113 Å². The maximum Gasteiger partial charge on any atom is 0.254 e. The molecular formula is C14H21N3O2. The lowest BCUT2D eigenvalue weighted by molar-refractivity contribution is 0.0438. The molecule has 3 N–H and O–H groups in total. The van der Waals surface area contributed by atoms with Crippen molar-refractivity contribution in [3.8, 4) is 0 Å². The summed E-state index contributed by atoms with van der Waals surface area (Å²) in [4.78, 5) is 18.3. The standard InChI is InChI=1S/C14H21N3O2/c1-10-8-11(9-12(15)16-10)13(18)17-6-3-4-14(2,19)5-7-17/h8-9,19H,3-7H2,1-2H3,(H2,15,16). The molecule has 5 heteroatoms. The zero-order valence-electron chi connectivity index (χ0n) is 11.5. The molecule has 1 aliphatic heterocycles. The molecule has 0 aromatic carbocycles. The summed E-state index contributed by atoms with van der Waals surface area (Å²) in [5.41, 5.74) is 6.33. The Kier molecular flexibility index (Phi) is 3.75. The van der Waals surface area contributed by atoms with E-state index in [1.807, 2.05) is 13.8 Å². The summed E-state index contributed by atoms with van der Waals surface area (Å²) in [5, 5.41) is 10.0. The molecule has 1 aromatic heterocycles. The third kappa shape index (κ3) is 3.44. The van der Waals surface area contributed by atoms with Crippen LogP contribution in [0.4, 0.5) is 5.82 Å². The van der Waals surface area contributed by atoms with Gasteiger partial charge in [0.1, 0.15) is 5.82 Å². The number of pyridine rings is 1. The first-order chi connectivity index (χ1) is 8.87. The highest BCUT2D eigenvalue weighted by atomic mass is 16.3. The number of aliphatic hydroxyl groups is 1. The first-order valence-corrected chi connectivity index (χ1v) is 6.63. The minimum Gasteiger partial charge on any atom is -0.390 e. The largest absolute Gasteiger partial charge is 0.390 e. The molecule has 104 valence electrons. The molecule has 1 aliphatic rings. The number of nitrogens with zero attached hydrogens (tertiary/aromatic N) is 2. The molecule has 1 amide bonds. The maximum absolute atomic E-state index is 12.4. The van der Waals surface area contributed by atoms with Crippen molar-refractivity contribution >= 4 is 11.7 Å². The lowest BCUT2D eigenvalue weighted by Gasteiger charge is -2.22. The van der Waals surface area contributed by atoms with Gasteiger partial charge in [-0.2, -0.15) is 0 Å². The number of carbonyl (C=O) groups is 1. The van der Waals surface area contributed by atoms with Crippen LogP contribution >= 0.6 is 0 Å². The summed E-state index contributed by atoms with van der Waals surface area (Å²) in [6.07, 6.45) is 2.16. The highest BCUT2D eigenvalue weighted by molar-refractivity contribution is 5.95. The quantitative estimate of drug-likeness (QED) is 0.801. The molecule has 1 unspecified atom stereocenters. The number of likely N-dealkylation sites (tertiary alicyclic amines) is 1. The number of amides is 1. The average Bonchev–Trinajstić information content (AvgIpc) is 2.48. The topological polar surface area (TPSA) is 79.5 Å². The highest BCUT2D eigenvalue weighted by Crippen LogP contribution is 2.22. The monoisotopic (exact) mass is 263 g/mol. The molecule has 19 heavy (non-hydrogen) atoms. The number of nitrogens with two attached hydrogens (primary N) is 1. The molecule has 0 spiro atoms. The van der Waals surface area contributed by atoms with Crippen LogP contribution in [0.15, 0.2) is 12.1 Å². The third-order valence-corrected chi connectivity index (χ3v) is 3.57. The molecule has 1 fully saturated rings. The van der Waals surface area contributed by atoms with Crippen LogP contribution in [0.25, 0.3) is 0 Å². The van der Waals surface area contributed by atoms with E-state index in [1.54, 1.807) is 17.0 Å². The average molecular weight is 263 g/mol. The van der Waals surface area contributed by atoms with E-state index in [9.17, 15) is 9.90 Å². The fourth-order valence-corrected chi connectivity index (χ4v) is 2.47. The van der Waals surface area contributed by atoms with E-state index in [4.69, 9.17) is 5.73 Å². The van der Waals surface area contributed by atoms with Crippen LogP contribution in [0.1, 0.15) is 42.2 Å². The van der Waals surface area contributed by atoms with Crippen molar-refractivity contribution in [3.05, 3.63) is 23.4 Å². The summed E-state index contributed by atoms with van der Waals surface area (Å²) in [7, 11) is 0. The summed E-state index contributed by atoms with van der Waals surface area (Å²) in [6, 6.07) is 3.36. The molecule has 1 atom stereocenters. The second kappa shape index (κ2) is 5.17. The van der Waals surface area contributed by atoms with E-state index < -0.39 is 5.60 Å². The predicted octanol–water partition coefficient (Wildman–Crippen LogP) is 1.35. The van der Waals surface area contributed by atoms with Gasteiger partial charge >= 0.3 is 0 Å². The van der Waals surface area contributed by atoms with Gasteiger partial charge in [0.15, 0.2) is 0 Å². The predicted molar refractivity (Wildman–Crippen MR) is 73.8 cm³/mol. The summed E-state index contributed by atoms with van der Waals surface area (Å²) >= 11 is 0. The number of rotatable bonds is 1. The lowest BCUT2D eigenvalue weighted by atomic mass is 9.98. The van der Waals surface area contributed by atoms with Crippen molar-refractivity contribution < 1.29 is 9.90 Å². The Hall–Kier alpha value is -1.62. The van der Waals surface area contributed by atoms with Gasteiger partial charge in [-0.05, 0) is 45.2 Å². The Balaban J connectivity index is 2.15. The van der Waals surface area contributed by atoms with Crippen molar-refractivity contribution in [1.82, 2.24) is 9.88 Å². The van der Waals surface area contributed by atoms with Gasteiger partial charge in [-0.15, -0.1) is 0 Å². The number of aryl methyl sites for hydroxylation is 1. The van der Waals surface area contributed by atoms with Crippen LogP contribution in [0, 0.1) is 6.92 Å². The minimum absolute atomic E-state index is 0.0325. The van der Waals surface area contributed by atoms with Gasteiger partial charge in [-0.3, -0.25) is 4.79 Å². The van der Waals surface area contributed by atoms with Gasteiger partial charge in [0.05, 0.1) is 5.60 Å². The minimum atomic E-state index is -0.664. The fourth-order valence-electron chi connectivity index (χ4n) is 2.47. The van der Waals surface area contributed by atoms with E-state index in [0.717, 1.165) is 18.5 Å². The molecule has 5 nitrogen and oxygen atoms in total. The zero-order chi connectivity index (χ0) is 14.0. The molecule has 1 saturated heterocycles. The summed E-state index contributed by atoms with van der Waals surface area (Å²) in [6.45, 7) is 4.90. The maximum atomic E-state index is 12.4. The van der Waals surface area contributed by atoms with Gasteiger partial charge in [0, 0.05) is 24.3 Å². The van der Waals surface area contributed by atoms with Crippen molar-refractivity contribution in [2.24, 2.45) is 0 Å². The second-order valence-electron chi connectivity index (χ2n) is 5.56. The first-order valence-electron chi connectivity index (χ1n) is 6.63. The fraction of sp³-hybridized carbons (Fsp3) is 0.571. The highest BCUT2D eigenvalue weighted by Gasteiger charge is 2.27. The zero-order valence-corrected chi connectivity index (χ0v) is 11.5. The Morgan fingerprint density at radius 2 is 2.16 bits per heavy atom. The summed E-state index contributed by atoms with van der Waals surface area (Å²) in [5.74, 6) is 0.333. The number of nitrogen functional groups attached to an aromatic ring is 1. The smallest absolute Gasteiger partial charge is 0.254 e. The van der Waals surface area contributed by atoms with Crippen LogP contribution in [0.3, 0.4) is 0 Å². The van der Waals surface area contributed by atoms with Crippen LogP contribution in [-0.2, 0) is 0 Å². The molecule has 0 radical (unpaired) electrons. The second-order valence-corrected chi connectivity index (χ2v) is 5.56. The van der Waals surface area contributed by atoms with Gasteiger partial charge in [0.2, 0.25) is 0 Å². The Morgan fingerprint density at radius 1 is 1.42 bits per heavy atom.